The Morgan fingerprint density at radius 1 is 1.15 bits per heavy atom. The van der Waals surface area contributed by atoms with Crippen LogP contribution in [0.1, 0.15) is 33.1 Å². The van der Waals surface area contributed by atoms with Crippen molar-refractivity contribution < 1.29 is 22.7 Å². The summed E-state index contributed by atoms with van der Waals surface area (Å²) in [6, 6.07) is 5.61. The van der Waals surface area contributed by atoms with Crippen molar-refractivity contribution in [2.24, 2.45) is 5.84 Å². The molecule has 0 radical (unpaired) electrons. The average Bonchev–Trinajstić information content (AvgIpc) is 2.52. The minimum absolute atomic E-state index is 0.379. The maximum absolute atomic E-state index is 13.1. The summed E-state index contributed by atoms with van der Waals surface area (Å²) < 4.78 is 51.8. The Balaban J connectivity index is 2.26. The Morgan fingerprint density at radius 2 is 1.77 bits per heavy atom. The van der Waals surface area contributed by atoms with Gasteiger partial charge in [0.05, 0.1) is 11.4 Å². The molecule has 3 nitrogen and oxygen atoms in total. The molecule has 0 aliphatic heterocycles. The van der Waals surface area contributed by atoms with E-state index in [1.165, 1.54) is 35.4 Å². The van der Waals surface area contributed by atoms with E-state index in [0.717, 1.165) is 12.5 Å². The van der Waals surface area contributed by atoms with Gasteiger partial charge in [-0.15, -0.1) is 0 Å². The van der Waals surface area contributed by atoms with Crippen LogP contribution in [0.15, 0.2) is 59.3 Å². The SMILES string of the molecule is C/C1=C(N(N)c2ccc(F)cc2)/C=C\C(CC(C)(O)C(F)(F)F)=C/CC1. The summed E-state index contributed by atoms with van der Waals surface area (Å²) in [5.74, 6) is 5.74. The van der Waals surface area contributed by atoms with Gasteiger partial charge in [0.1, 0.15) is 5.82 Å². The van der Waals surface area contributed by atoms with Crippen LogP contribution in [-0.4, -0.2) is 16.9 Å². The minimum atomic E-state index is -4.72. The smallest absolute Gasteiger partial charge is 0.380 e. The van der Waals surface area contributed by atoms with Crippen LogP contribution < -0.4 is 10.9 Å². The Bertz CT molecular complexity index is 731. The topological polar surface area (TPSA) is 49.5 Å². The van der Waals surface area contributed by atoms with Gasteiger partial charge in [0.2, 0.25) is 0 Å². The molecule has 1 unspecified atom stereocenters. The fraction of sp³-hybridized carbons (Fsp3) is 0.368. The molecule has 1 atom stereocenters. The van der Waals surface area contributed by atoms with Gasteiger partial charge >= 0.3 is 6.18 Å². The Labute approximate surface area is 150 Å². The number of nitrogens with zero attached hydrogens (tertiary/aromatic N) is 1. The van der Waals surface area contributed by atoms with Gasteiger partial charge in [-0.3, -0.25) is 5.01 Å². The number of nitrogens with two attached hydrogens (primary N) is 1. The molecule has 0 aromatic heterocycles. The van der Waals surface area contributed by atoms with E-state index in [2.05, 4.69) is 0 Å². The molecular weight excluding hydrogens is 348 g/mol. The van der Waals surface area contributed by atoms with Crippen LogP contribution in [0.2, 0.25) is 0 Å². The van der Waals surface area contributed by atoms with Crippen LogP contribution in [0.25, 0.3) is 0 Å². The van der Waals surface area contributed by atoms with Crippen molar-refractivity contribution in [3.8, 4) is 0 Å². The summed E-state index contributed by atoms with van der Waals surface area (Å²) >= 11 is 0. The first-order valence-electron chi connectivity index (χ1n) is 8.17. The fourth-order valence-electron chi connectivity index (χ4n) is 2.65. The molecule has 0 heterocycles. The molecule has 0 fully saturated rings. The Kier molecular flexibility index (Phi) is 5.93. The lowest BCUT2D eigenvalue weighted by molar-refractivity contribution is -0.251. The molecule has 0 saturated heterocycles. The summed E-state index contributed by atoms with van der Waals surface area (Å²) in [6.45, 7) is 2.64. The Hall–Kier alpha value is -2.12. The van der Waals surface area contributed by atoms with Gasteiger partial charge in [-0.1, -0.05) is 12.2 Å². The molecule has 142 valence electrons. The summed E-state index contributed by atoms with van der Waals surface area (Å²) in [4.78, 5) is 0. The molecule has 1 aromatic rings. The van der Waals surface area contributed by atoms with Crippen LogP contribution >= 0.6 is 0 Å². The number of hydrogen-bond acceptors (Lipinski definition) is 3. The first-order valence-corrected chi connectivity index (χ1v) is 8.17. The highest BCUT2D eigenvalue weighted by atomic mass is 19.4. The molecule has 1 aliphatic rings. The van der Waals surface area contributed by atoms with Crippen LogP contribution in [0.5, 0.6) is 0 Å². The van der Waals surface area contributed by atoms with E-state index in [9.17, 15) is 22.7 Å². The maximum Gasteiger partial charge on any atom is 0.417 e. The number of aliphatic hydroxyl groups is 1. The van der Waals surface area contributed by atoms with Crippen LogP contribution in [0, 0.1) is 5.82 Å². The second-order valence-corrected chi connectivity index (χ2v) is 6.61. The van der Waals surface area contributed by atoms with Gasteiger partial charge in [-0.25, -0.2) is 10.2 Å². The third-order valence-electron chi connectivity index (χ3n) is 4.34. The summed E-state index contributed by atoms with van der Waals surface area (Å²) in [5, 5.41) is 11.1. The van der Waals surface area contributed by atoms with Crippen molar-refractivity contribution in [1.29, 1.82) is 0 Å². The highest BCUT2D eigenvalue weighted by Crippen LogP contribution is 2.36. The number of alkyl halides is 3. The van der Waals surface area contributed by atoms with Gasteiger partial charge < -0.3 is 5.11 Å². The lowest BCUT2D eigenvalue weighted by atomic mass is 9.92. The van der Waals surface area contributed by atoms with Gasteiger partial charge in [0.15, 0.2) is 5.60 Å². The van der Waals surface area contributed by atoms with Gasteiger partial charge in [0, 0.05) is 6.42 Å². The number of halogens is 4. The molecule has 0 spiro atoms. The second kappa shape index (κ2) is 7.63. The highest BCUT2D eigenvalue weighted by molar-refractivity contribution is 5.54. The third-order valence-corrected chi connectivity index (χ3v) is 4.34. The largest absolute Gasteiger partial charge is 0.417 e. The molecule has 3 N–H and O–H groups in total. The van der Waals surface area contributed by atoms with Crippen molar-refractivity contribution in [2.75, 3.05) is 5.01 Å². The fourth-order valence-corrected chi connectivity index (χ4v) is 2.65. The van der Waals surface area contributed by atoms with Crippen LogP contribution in [-0.2, 0) is 0 Å². The number of anilines is 1. The van der Waals surface area contributed by atoms with E-state index >= 15 is 0 Å². The zero-order valence-electron chi connectivity index (χ0n) is 14.6. The van der Waals surface area contributed by atoms with E-state index in [4.69, 9.17) is 5.84 Å². The Morgan fingerprint density at radius 3 is 2.35 bits per heavy atom. The number of rotatable bonds is 4. The lowest BCUT2D eigenvalue weighted by Gasteiger charge is -2.27. The van der Waals surface area contributed by atoms with Gasteiger partial charge in [-0.05, 0) is 68.2 Å². The number of allylic oxidation sites excluding steroid dienone is 4. The van der Waals surface area contributed by atoms with Gasteiger partial charge in [-0.2, -0.15) is 13.2 Å². The van der Waals surface area contributed by atoms with Crippen molar-refractivity contribution in [3.63, 3.8) is 0 Å². The van der Waals surface area contributed by atoms with Crippen molar-refractivity contribution in [2.45, 2.75) is 44.9 Å². The maximum atomic E-state index is 13.1. The predicted molar refractivity (Wildman–Crippen MR) is 93.5 cm³/mol. The quantitative estimate of drug-likeness (QED) is 0.456. The average molecular weight is 370 g/mol. The van der Waals surface area contributed by atoms with E-state index < -0.39 is 18.2 Å². The van der Waals surface area contributed by atoms with Gasteiger partial charge in [0.25, 0.3) is 0 Å². The number of hydrogen-bond donors (Lipinski definition) is 2. The second-order valence-electron chi connectivity index (χ2n) is 6.61. The zero-order valence-corrected chi connectivity index (χ0v) is 14.6. The van der Waals surface area contributed by atoms with Crippen molar-refractivity contribution in [3.05, 3.63) is 65.2 Å². The zero-order chi connectivity index (χ0) is 19.5. The first kappa shape index (κ1) is 20.2. The van der Waals surface area contributed by atoms with E-state index in [0.29, 0.717) is 29.8 Å². The van der Waals surface area contributed by atoms with Crippen molar-refractivity contribution >= 4 is 5.69 Å². The van der Waals surface area contributed by atoms with Crippen LogP contribution in [0.3, 0.4) is 0 Å². The monoisotopic (exact) mass is 370 g/mol. The van der Waals surface area contributed by atoms with E-state index in [-0.39, 0.29) is 5.82 Å². The molecule has 0 bridgehead atoms. The molecule has 1 aromatic carbocycles. The molecule has 7 heteroatoms. The molecule has 26 heavy (non-hydrogen) atoms. The third kappa shape index (κ3) is 4.74. The first-order chi connectivity index (χ1) is 12.0. The summed E-state index contributed by atoms with van der Waals surface area (Å²) in [6.07, 6.45) is 0.715. The predicted octanol–water partition coefficient (Wildman–Crippen LogP) is 4.76. The summed E-state index contributed by atoms with van der Waals surface area (Å²) in [7, 11) is 0. The molecule has 0 amide bonds. The number of hydrazine groups is 1. The van der Waals surface area contributed by atoms with E-state index in [1.807, 2.05) is 6.92 Å². The lowest BCUT2D eigenvalue weighted by Crippen LogP contribution is -2.42. The van der Waals surface area contributed by atoms with Crippen LogP contribution in [0.4, 0.5) is 23.2 Å². The van der Waals surface area contributed by atoms with E-state index in [1.54, 1.807) is 12.2 Å². The highest BCUT2D eigenvalue weighted by Gasteiger charge is 2.49. The molecule has 1 aliphatic carbocycles. The molecule has 2 rings (SSSR count). The minimum Gasteiger partial charge on any atom is -0.380 e. The number of benzene rings is 1. The molecule has 0 saturated carbocycles. The van der Waals surface area contributed by atoms with Crippen molar-refractivity contribution in [1.82, 2.24) is 0 Å². The summed E-state index contributed by atoms with van der Waals surface area (Å²) in [5.41, 5.74) is -0.302. The standard InChI is InChI=1S/C19H22F4N2O/c1-13-4-3-5-14(12-18(2,26)19(21,22)23)6-11-17(13)25(24)16-9-7-15(20)8-10-16/h5-11,26H,3-4,12,24H2,1-2H3/b11-6-,14-5+,17-13+. The molecular formula is C19H22F4N2O. The normalized spacial score (nSPS) is 24.1.